The number of hydrogen-bond acceptors (Lipinski definition) is 3. The molecule has 0 aliphatic rings. The summed E-state index contributed by atoms with van der Waals surface area (Å²) in [5.41, 5.74) is 1.96. The highest BCUT2D eigenvalue weighted by Crippen LogP contribution is 2.25. The standard InChI is InChI=1S/C17H22Cl2N4O.HI/c1-4-13-9-14(24-23-13)10-21-17(20-5-2)22-11(3)12-6-7-15(18)16(19)8-12;/h6-9,11H,4-5,10H2,1-3H3,(H2,20,21,22);1H. The summed E-state index contributed by atoms with van der Waals surface area (Å²) in [5, 5.41) is 11.6. The van der Waals surface area contributed by atoms with Gasteiger partial charge in [0.1, 0.15) is 6.54 Å². The van der Waals surface area contributed by atoms with E-state index in [0.717, 1.165) is 30.0 Å². The van der Waals surface area contributed by atoms with Crippen LogP contribution in [-0.4, -0.2) is 17.7 Å². The Balaban J connectivity index is 0.00000312. The Bertz CT molecular complexity index is 706. The minimum absolute atomic E-state index is 0. The van der Waals surface area contributed by atoms with Gasteiger partial charge >= 0.3 is 0 Å². The highest BCUT2D eigenvalue weighted by Gasteiger charge is 2.10. The van der Waals surface area contributed by atoms with Crippen LogP contribution < -0.4 is 10.6 Å². The predicted octanol–water partition coefficient (Wildman–Crippen LogP) is 4.98. The molecule has 0 bridgehead atoms. The zero-order chi connectivity index (χ0) is 17.5. The second-order valence-electron chi connectivity index (χ2n) is 5.37. The van der Waals surface area contributed by atoms with E-state index < -0.39 is 0 Å². The van der Waals surface area contributed by atoms with E-state index >= 15 is 0 Å². The Labute approximate surface area is 175 Å². The molecule has 0 spiro atoms. The van der Waals surface area contributed by atoms with E-state index in [1.165, 1.54) is 0 Å². The van der Waals surface area contributed by atoms with Crippen LogP contribution in [0.2, 0.25) is 10.0 Å². The number of rotatable bonds is 6. The van der Waals surface area contributed by atoms with Gasteiger partial charge in [-0.1, -0.05) is 41.3 Å². The van der Waals surface area contributed by atoms with Crippen molar-refractivity contribution < 1.29 is 4.52 Å². The average molecular weight is 497 g/mol. The normalized spacial score (nSPS) is 12.4. The Morgan fingerprint density at radius 2 is 2.00 bits per heavy atom. The van der Waals surface area contributed by atoms with Crippen LogP contribution in [0, 0.1) is 0 Å². The van der Waals surface area contributed by atoms with Crippen molar-refractivity contribution in [3.05, 3.63) is 51.3 Å². The summed E-state index contributed by atoms with van der Waals surface area (Å²) in [7, 11) is 0. The van der Waals surface area contributed by atoms with Crippen molar-refractivity contribution in [3.8, 4) is 0 Å². The number of aromatic nitrogens is 1. The first-order valence-electron chi connectivity index (χ1n) is 7.97. The van der Waals surface area contributed by atoms with Gasteiger partial charge in [-0.25, -0.2) is 4.99 Å². The summed E-state index contributed by atoms with van der Waals surface area (Å²) in [6.45, 7) is 7.28. The van der Waals surface area contributed by atoms with Crippen LogP contribution in [0.5, 0.6) is 0 Å². The van der Waals surface area contributed by atoms with Crippen LogP contribution in [0.1, 0.15) is 43.8 Å². The molecule has 0 radical (unpaired) electrons. The van der Waals surface area contributed by atoms with Crippen molar-refractivity contribution in [3.63, 3.8) is 0 Å². The van der Waals surface area contributed by atoms with Gasteiger partial charge < -0.3 is 15.2 Å². The van der Waals surface area contributed by atoms with Gasteiger partial charge in [0.15, 0.2) is 11.7 Å². The summed E-state index contributed by atoms with van der Waals surface area (Å²) in [5.74, 6) is 1.44. The molecule has 1 aromatic heterocycles. The van der Waals surface area contributed by atoms with Crippen molar-refractivity contribution in [2.45, 2.75) is 39.8 Å². The maximum absolute atomic E-state index is 6.09. The number of aryl methyl sites for hydroxylation is 1. The third kappa shape index (κ3) is 6.67. The molecule has 2 N–H and O–H groups in total. The van der Waals surface area contributed by atoms with E-state index in [9.17, 15) is 0 Å². The first-order chi connectivity index (χ1) is 11.5. The lowest BCUT2D eigenvalue weighted by Gasteiger charge is -2.18. The Kier molecular flexibility index (Phi) is 9.60. The monoisotopic (exact) mass is 496 g/mol. The smallest absolute Gasteiger partial charge is 0.192 e. The highest BCUT2D eigenvalue weighted by atomic mass is 127. The molecular weight excluding hydrogens is 474 g/mol. The number of nitrogens with one attached hydrogen (secondary N) is 2. The molecule has 2 rings (SSSR count). The average Bonchev–Trinajstić information content (AvgIpc) is 3.03. The van der Waals surface area contributed by atoms with E-state index in [1.54, 1.807) is 6.07 Å². The number of halogens is 3. The molecule has 5 nitrogen and oxygen atoms in total. The third-order valence-corrected chi connectivity index (χ3v) is 4.24. The number of guanidine groups is 1. The van der Waals surface area contributed by atoms with Gasteiger partial charge in [-0.2, -0.15) is 0 Å². The SMILES string of the molecule is CCNC(=NCc1cc(CC)no1)NC(C)c1ccc(Cl)c(Cl)c1.I. The van der Waals surface area contributed by atoms with Gasteiger partial charge in [0, 0.05) is 12.6 Å². The summed E-state index contributed by atoms with van der Waals surface area (Å²) in [6, 6.07) is 7.55. The molecule has 8 heteroatoms. The minimum Gasteiger partial charge on any atom is -0.359 e. The van der Waals surface area contributed by atoms with Crippen LogP contribution >= 0.6 is 47.2 Å². The van der Waals surface area contributed by atoms with Crippen molar-refractivity contribution in [1.29, 1.82) is 0 Å². The summed E-state index contributed by atoms with van der Waals surface area (Å²) >= 11 is 12.1. The first kappa shape index (κ1) is 22.1. The number of aliphatic imine (C=N–C) groups is 1. The topological polar surface area (TPSA) is 62.5 Å². The maximum atomic E-state index is 6.09. The zero-order valence-electron chi connectivity index (χ0n) is 14.5. The number of nitrogens with zero attached hydrogens (tertiary/aromatic N) is 2. The molecular formula is C17H23Cl2IN4O. The molecule has 0 saturated heterocycles. The summed E-state index contributed by atoms with van der Waals surface area (Å²) in [4.78, 5) is 4.54. The quantitative estimate of drug-likeness (QED) is 0.336. The van der Waals surface area contributed by atoms with Crippen LogP contribution in [0.4, 0.5) is 0 Å². The van der Waals surface area contributed by atoms with E-state index in [2.05, 4.69) is 20.8 Å². The van der Waals surface area contributed by atoms with E-state index in [0.29, 0.717) is 22.5 Å². The molecule has 0 aliphatic heterocycles. The van der Waals surface area contributed by atoms with Crippen LogP contribution in [0.3, 0.4) is 0 Å². The summed E-state index contributed by atoms with van der Waals surface area (Å²) < 4.78 is 5.26. The van der Waals surface area contributed by atoms with Gasteiger partial charge in [-0.3, -0.25) is 0 Å². The summed E-state index contributed by atoms with van der Waals surface area (Å²) in [6.07, 6.45) is 0.847. The molecule has 0 amide bonds. The minimum atomic E-state index is 0. The fourth-order valence-electron chi connectivity index (χ4n) is 2.14. The molecule has 1 heterocycles. The molecule has 138 valence electrons. The molecule has 2 aromatic rings. The second-order valence-corrected chi connectivity index (χ2v) is 6.19. The highest BCUT2D eigenvalue weighted by molar-refractivity contribution is 14.0. The zero-order valence-corrected chi connectivity index (χ0v) is 18.3. The lowest BCUT2D eigenvalue weighted by Crippen LogP contribution is -2.38. The Morgan fingerprint density at radius 1 is 1.24 bits per heavy atom. The molecule has 1 unspecified atom stereocenters. The fourth-order valence-corrected chi connectivity index (χ4v) is 2.45. The fraction of sp³-hybridized carbons (Fsp3) is 0.412. The van der Waals surface area contributed by atoms with Crippen molar-refractivity contribution in [2.75, 3.05) is 6.54 Å². The molecule has 0 aliphatic carbocycles. The van der Waals surface area contributed by atoms with Gasteiger partial charge in [-0.15, -0.1) is 24.0 Å². The number of hydrogen-bond donors (Lipinski definition) is 2. The largest absolute Gasteiger partial charge is 0.359 e. The van der Waals surface area contributed by atoms with Crippen molar-refractivity contribution >= 4 is 53.1 Å². The van der Waals surface area contributed by atoms with E-state index in [1.807, 2.05) is 39.0 Å². The molecule has 1 atom stereocenters. The molecule has 0 saturated carbocycles. The second kappa shape index (κ2) is 10.9. The van der Waals surface area contributed by atoms with Crippen LogP contribution in [0.15, 0.2) is 33.8 Å². The van der Waals surface area contributed by atoms with Gasteiger partial charge in [0.2, 0.25) is 0 Å². The van der Waals surface area contributed by atoms with Crippen molar-refractivity contribution in [2.24, 2.45) is 4.99 Å². The van der Waals surface area contributed by atoms with E-state index in [4.69, 9.17) is 27.7 Å². The van der Waals surface area contributed by atoms with E-state index in [-0.39, 0.29) is 30.0 Å². The van der Waals surface area contributed by atoms with Gasteiger partial charge in [-0.05, 0) is 38.0 Å². The maximum Gasteiger partial charge on any atom is 0.192 e. The van der Waals surface area contributed by atoms with Crippen molar-refractivity contribution in [1.82, 2.24) is 15.8 Å². The van der Waals surface area contributed by atoms with Crippen LogP contribution in [-0.2, 0) is 13.0 Å². The molecule has 25 heavy (non-hydrogen) atoms. The molecule has 0 fully saturated rings. The van der Waals surface area contributed by atoms with Gasteiger partial charge in [0.05, 0.1) is 21.8 Å². The number of benzene rings is 1. The van der Waals surface area contributed by atoms with Crippen LogP contribution in [0.25, 0.3) is 0 Å². The Hall–Kier alpha value is -0.990. The van der Waals surface area contributed by atoms with Gasteiger partial charge in [0.25, 0.3) is 0 Å². The lowest BCUT2D eigenvalue weighted by molar-refractivity contribution is 0.379. The Morgan fingerprint density at radius 3 is 2.60 bits per heavy atom. The lowest BCUT2D eigenvalue weighted by atomic mass is 10.1. The first-order valence-corrected chi connectivity index (χ1v) is 8.73. The predicted molar refractivity (Wildman–Crippen MR) is 114 cm³/mol. The third-order valence-electron chi connectivity index (χ3n) is 3.50. The molecule has 1 aromatic carbocycles.